The first-order chi connectivity index (χ1) is 19.3. The first kappa shape index (κ1) is 28.8. The number of para-hydroxylation sites is 1. The molecule has 0 aromatic heterocycles. The van der Waals surface area contributed by atoms with Gasteiger partial charge in [0.25, 0.3) is 15.9 Å². The second kappa shape index (κ2) is 13.2. The van der Waals surface area contributed by atoms with E-state index in [0.717, 1.165) is 4.90 Å². The third kappa shape index (κ3) is 7.26. The van der Waals surface area contributed by atoms with Crippen LogP contribution < -0.4 is 24.2 Å². The zero-order valence-corrected chi connectivity index (χ0v) is 23.4. The predicted octanol–water partition coefficient (Wildman–Crippen LogP) is 5.63. The van der Waals surface area contributed by atoms with Crippen molar-refractivity contribution in [3.63, 3.8) is 0 Å². The van der Waals surface area contributed by atoms with Gasteiger partial charge in [-0.1, -0.05) is 24.3 Å². The lowest BCUT2D eigenvalue weighted by Gasteiger charge is -2.19. The number of methoxy groups -OCH3 is 1. The quantitative estimate of drug-likeness (QED) is 0.184. The van der Waals surface area contributed by atoms with E-state index in [2.05, 4.69) is 10.0 Å². The van der Waals surface area contributed by atoms with E-state index >= 15 is 0 Å². The topological polar surface area (TPSA) is 123 Å². The van der Waals surface area contributed by atoms with Crippen LogP contribution in [0.4, 0.5) is 11.4 Å². The van der Waals surface area contributed by atoms with E-state index in [9.17, 15) is 18.3 Å². The highest BCUT2D eigenvalue weighted by Crippen LogP contribution is 2.42. The SMILES string of the molecule is COc1cccc(Oc2c(NS(=O)(=O)c3ccc(SC)cc3)cc(C(=O)Nc3ccccc3)cc2OCCO)c1. The van der Waals surface area contributed by atoms with Gasteiger partial charge in [0.1, 0.15) is 18.1 Å². The number of carbonyl (C=O) groups excluding carboxylic acids is 1. The highest BCUT2D eigenvalue weighted by Gasteiger charge is 2.23. The van der Waals surface area contributed by atoms with Gasteiger partial charge < -0.3 is 24.6 Å². The molecule has 0 aliphatic rings. The maximum atomic E-state index is 13.4. The molecule has 1 amide bonds. The van der Waals surface area contributed by atoms with Crippen LogP contribution in [0.1, 0.15) is 10.4 Å². The predicted molar refractivity (Wildman–Crippen MR) is 156 cm³/mol. The van der Waals surface area contributed by atoms with Gasteiger partial charge in [-0.3, -0.25) is 9.52 Å². The second-order valence-electron chi connectivity index (χ2n) is 8.31. The minimum Gasteiger partial charge on any atom is -0.497 e. The van der Waals surface area contributed by atoms with Gasteiger partial charge in [-0.15, -0.1) is 11.8 Å². The highest BCUT2D eigenvalue weighted by atomic mass is 32.2. The summed E-state index contributed by atoms with van der Waals surface area (Å²) in [6, 6.07) is 24.7. The molecular weight excluding hydrogens is 552 g/mol. The molecule has 0 unspecified atom stereocenters. The number of nitrogens with one attached hydrogen (secondary N) is 2. The average molecular weight is 581 g/mol. The van der Waals surface area contributed by atoms with Gasteiger partial charge in [0, 0.05) is 22.2 Å². The Bertz CT molecular complexity index is 1560. The number of amides is 1. The number of hydrogen-bond donors (Lipinski definition) is 3. The lowest BCUT2D eigenvalue weighted by Crippen LogP contribution is -2.17. The summed E-state index contributed by atoms with van der Waals surface area (Å²) >= 11 is 1.49. The van der Waals surface area contributed by atoms with Crippen molar-refractivity contribution in [1.82, 2.24) is 0 Å². The molecule has 4 rings (SSSR count). The Balaban J connectivity index is 1.81. The van der Waals surface area contributed by atoms with E-state index in [1.165, 1.54) is 43.1 Å². The summed E-state index contributed by atoms with van der Waals surface area (Å²) in [4.78, 5) is 14.1. The van der Waals surface area contributed by atoms with Crippen LogP contribution in [0.5, 0.6) is 23.0 Å². The molecule has 4 aromatic rings. The van der Waals surface area contributed by atoms with Gasteiger partial charge in [-0.05, 0) is 66.9 Å². The van der Waals surface area contributed by atoms with Crippen molar-refractivity contribution in [3.8, 4) is 23.0 Å². The monoisotopic (exact) mass is 580 g/mol. The molecule has 0 aliphatic carbocycles. The molecule has 0 bridgehead atoms. The summed E-state index contributed by atoms with van der Waals surface area (Å²) in [5, 5.41) is 12.2. The number of carbonyl (C=O) groups is 1. The number of benzene rings is 4. The summed E-state index contributed by atoms with van der Waals surface area (Å²) in [5.74, 6) is 0.401. The van der Waals surface area contributed by atoms with Gasteiger partial charge in [0.15, 0.2) is 11.5 Å². The molecule has 0 saturated carbocycles. The van der Waals surface area contributed by atoms with E-state index < -0.39 is 15.9 Å². The van der Waals surface area contributed by atoms with Crippen molar-refractivity contribution in [1.29, 1.82) is 0 Å². The number of ether oxygens (including phenoxy) is 3. The molecular formula is C29H28N2O7S2. The number of hydrogen-bond acceptors (Lipinski definition) is 8. The Labute approximate surface area is 237 Å². The third-order valence-electron chi connectivity index (χ3n) is 5.57. The van der Waals surface area contributed by atoms with Crippen LogP contribution in [-0.2, 0) is 10.0 Å². The number of aliphatic hydroxyl groups excluding tert-OH is 1. The Morgan fingerprint density at radius 1 is 0.925 bits per heavy atom. The first-order valence-corrected chi connectivity index (χ1v) is 14.8. The van der Waals surface area contributed by atoms with E-state index in [1.807, 2.05) is 12.3 Å². The molecule has 0 saturated heterocycles. The lowest BCUT2D eigenvalue weighted by atomic mass is 10.1. The van der Waals surface area contributed by atoms with Crippen LogP contribution in [0.2, 0.25) is 0 Å². The Hall–Kier alpha value is -4.19. The normalized spacial score (nSPS) is 11.0. The lowest BCUT2D eigenvalue weighted by molar-refractivity contribution is 0.102. The standard InChI is InChI=1S/C29H28N2O7S2/c1-36-22-9-6-10-23(19-22)38-28-26(31-40(34,35)25-13-11-24(39-2)12-14-25)17-20(18-27(28)37-16-15-32)29(33)30-21-7-4-3-5-8-21/h3-14,17-19,31-32H,15-16H2,1-2H3,(H,30,33). The van der Waals surface area contributed by atoms with Gasteiger partial charge in [0.2, 0.25) is 0 Å². The van der Waals surface area contributed by atoms with E-state index in [-0.39, 0.29) is 40.9 Å². The van der Waals surface area contributed by atoms with Crippen LogP contribution in [0.15, 0.2) is 101 Å². The Morgan fingerprint density at radius 3 is 2.33 bits per heavy atom. The Kier molecular flexibility index (Phi) is 9.54. The van der Waals surface area contributed by atoms with E-state index in [1.54, 1.807) is 60.7 Å². The highest BCUT2D eigenvalue weighted by molar-refractivity contribution is 7.98. The molecule has 208 valence electrons. The fourth-order valence-electron chi connectivity index (χ4n) is 3.64. The number of sulfonamides is 1. The van der Waals surface area contributed by atoms with Crippen LogP contribution in [0.3, 0.4) is 0 Å². The van der Waals surface area contributed by atoms with Crippen LogP contribution in [0, 0.1) is 0 Å². The van der Waals surface area contributed by atoms with Gasteiger partial charge in [-0.2, -0.15) is 0 Å². The Morgan fingerprint density at radius 2 is 1.65 bits per heavy atom. The number of anilines is 2. The minimum atomic E-state index is -4.11. The number of rotatable bonds is 12. The van der Waals surface area contributed by atoms with Crippen molar-refractivity contribution >= 4 is 39.1 Å². The molecule has 0 fully saturated rings. The molecule has 0 radical (unpaired) electrons. The molecule has 40 heavy (non-hydrogen) atoms. The van der Waals surface area contributed by atoms with Crippen LogP contribution in [-0.4, -0.2) is 46.0 Å². The first-order valence-electron chi connectivity index (χ1n) is 12.1. The number of aliphatic hydroxyl groups is 1. The van der Waals surface area contributed by atoms with Crippen molar-refractivity contribution in [3.05, 3.63) is 96.6 Å². The van der Waals surface area contributed by atoms with Crippen molar-refractivity contribution < 1.29 is 32.5 Å². The fraction of sp³-hybridized carbons (Fsp3) is 0.138. The van der Waals surface area contributed by atoms with Crippen molar-refractivity contribution in [2.75, 3.05) is 36.6 Å². The van der Waals surface area contributed by atoms with Gasteiger partial charge >= 0.3 is 0 Å². The fourth-order valence-corrected chi connectivity index (χ4v) is 5.10. The maximum absolute atomic E-state index is 13.4. The molecule has 0 heterocycles. The maximum Gasteiger partial charge on any atom is 0.262 e. The van der Waals surface area contributed by atoms with Gasteiger partial charge in [-0.25, -0.2) is 8.42 Å². The van der Waals surface area contributed by atoms with Crippen LogP contribution in [0.25, 0.3) is 0 Å². The third-order valence-corrected chi connectivity index (χ3v) is 7.70. The zero-order valence-electron chi connectivity index (χ0n) is 21.8. The van der Waals surface area contributed by atoms with Gasteiger partial charge in [0.05, 0.1) is 24.3 Å². The molecule has 0 atom stereocenters. The van der Waals surface area contributed by atoms with Crippen molar-refractivity contribution in [2.24, 2.45) is 0 Å². The second-order valence-corrected chi connectivity index (χ2v) is 10.9. The average Bonchev–Trinajstić information content (AvgIpc) is 2.97. The summed E-state index contributed by atoms with van der Waals surface area (Å²) < 4.78 is 46.5. The smallest absolute Gasteiger partial charge is 0.262 e. The van der Waals surface area contributed by atoms with E-state index in [4.69, 9.17) is 14.2 Å². The van der Waals surface area contributed by atoms with E-state index in [0.29, 0.717) is 17.2 Å². The molecule has 11 heteroatoms. The summed E-state index contributed by atoms with van der Waals surface area (Å²) in [6.45, 7) is -0.442. The minimum absolute atomic E-state index is 0.00210. The zero-order chi connectivity index (χ0) is 28.5. The van der Waals surface area contributed by atoms with Crippen LogP contribution >= 0.6 is 11.8 Å². The summed E-state index contributed by atoms with van der Waals surface area (Å²) in [5.41, 5.74) is 0.619. The molecule has 4 aromatic carbocycles. The largest absolute Gasteiger partial charge is 0.497 e. The van der Waals surface area contributed by atoms with Crippen molar-refractivity contribution in [2.45, 2.75) is 9.79 Å². The number of thioether (sulfide) groups is 1. The molecule has 0 spiro atoms. The molecule has 0 aliphatic heterocycles. The molecule has 9 nitrogen and oxygen atoms in total. The summed E-state index contributed by atoms with van der Waals surface area (Å²) in [6.07, 6.45) is 1.89. The summed E-state index contributed by atoms with van der Waals surface area (Å²) in [7, 11) is -2.59. The molecule has 3 N–H and O–H groups in total.